The fourth-order valence-electron chi connectivity index (χ4n) is 4.53. The molecule has 0 radical (unpaired) electrons. The molecule has 0 aliphatic carbocycles. The summed E-state index contributed by atoms with van der Waals surface area (Å²) in [5.41, 5.74) is 15.7. The molecule has 3 saturated heterocycles. The normalized spacial score (nSPS) is 50.0. The Morgan fingerprint density at radius 3 is 1.84 bits per heavy atom. The average molecular weight is 593 g/mol. The molecule has 17 nitrogen and oxygen atoms in total. The third kappa shape index (κ3) is 6.25. The van der Waals surface area contributed by atoms with Crippen LogP contribution in [0.1, 0.15) is 0 Å². The lowest BCUT2D eigenvalue weighted by Crippen LogP contribution is -2.75. The number of hydrogen-bond acceptors (Lipinski definition) is 17. The highest BCUT2D eigenvalue weighted by atomic mass is 32.1. The van der Waals surface area contributed by atoms with Crippen molar-refractivity contribution in [3.63, 3.8) is 0 Å². The maximum Gasteiger partial charge on any atom is 0.194 e. The van der Waals surface area contributed by atoms with E-state index < -0.39 is 111 Å². The number of thiocarbonyl (C=S) groups is 1. The van der Waals surface area contributed by atoms with Crippen LogP contribution >= 0.6 is 24.8 Å². The van der Waals surface area contributed by atoms with E-state index in [1.165, 1.54) is 0 Å². The highest BCUT2D eigenvalue weighted by Crippen LogP contribution is 2.33. The van der Waals surface area contributed by atoms with Gasteiger partial charge in [0.1, 0.15) is 53.2 Å². The second-order valence-corrected chi connectivity index (χ2v) is 10.4. The second kappa shape index (κ2) is 13.1. The van der Waals surface area contributed by atoms with Gasteiger partial charge in [0.2, 0.25) is 0 Å². The molecule has 3 aliphatic heterocycles. The molecule has 0 bridgehead atoms. The standard InChI is InChI=1S/C19H36N4O13S2/c20-6-9(27)12(4(1-24)32-15(6)31)34-16-7(21)10(28)13(5(2-25)33-16)35-17-8(22)11(29)14(30)19(3-26,36-17)23-18(37)38/h4-17,24-31H,1-3,20-22H2,(H2,23,37,38)/t4-,5-,6-,7-,8-,9-,10-,11-,12?,13?,14+,15-,16+,17+,19-/m1/s1. The number of nitrogens with one attached hydrogen (secondary N) is 1. The van der Waals surface area contributed by atoms with Gasteiger partial charge in [0, 0.05) is 0 Å². The van der Waals surface area contributed by atoms with Crippen LogP contribution in [0.25, 0.3) is 0 Å². The molecule has 2 unspecified atom stereocenters. The van der Waals surface area contributed by atoms with Crippen LogP contribution in [0.4, 0.5) is 0 Å². The number of rotatable bonds is 8. The Kier molecular flexibility index (Phi) is 11.0. The molecule has 0 saturated carbocycles. The fraction of sp³-hybridized carbons (Fsp3) is 0.947. The highest BCUT2D eigenvalue weighted by Gasteiger charge is 2.56. The molecule has 38 heavy (non-hydrogen) atoms. The first kappa shape index (κ1) is 32.1. The predicted molar refractivity (Wildman–Crippen MR) is 131 cm³/mol. The van der Waals surface area contributed by atoms with Gasteiger partial charge in [-0.15, -0.1) is 12.6 Å². The van der Waals surface area contributed by atoms with Crippen LogP contribution in [0.2, 0.25) is 0 Å². The van der Waals surface area contributed by atoms with Gasteiger partial charge >= 0.3 is 0 Å². The zero-order valence-corrected chi connectivity index (χ0v) is 21.6. The molecule has 0 aromatic heterocycles. The summed E-state index contributed by atoms with van der Waals surface area (Å²) in [6.45, 7) is -2.33. The molecule has 19 heteroatoms. The molecule has 222 valence electrons. The van der Waals surface area contributed by atoms with Gasteiger partial charge in [-0.25, -0.2) is 0 Å². The van der Waals surface area contributed by atoms with E-state index in [2.05, 4.69) is 17.9 Å². The van der Waals surface area contributed by atoms with Gasteiger partial charge in [-0.05, 0) is 0 Å². The van der Waals surface area contributed by atoms with E-state index >= 15 is 0 Å². The van der Waals surface area contributed by atoms with Crippen molar-refractivity contribution in [1.29, 1.82) is 0 Å². The Bertz CT molecular complexity index is 806. The third-order valence-corrected chi connectivity index (χ3v) is 7.01. The number of aliphatic hydroxyl groups excluding tert-OH is 8. The number of hydrogen-bond donors (Lipinski definition) is 13. The lowest BCUT2D eigenvalue weighted by Gasteiger charge is -2.51. The minimum Gasteiger partial charge on any atom is -0.394 e. The Hall–Kier alpha value is -0.400. The first-order valence-corrected chi connectivity index (χ1v) is 12.5. The van der Waals surface area contributed by atoms with Crippen molar-refractivity contribution >= 4 is 29.2 Å². The van der Waals surface area contributed by atoms with Crippen LogP contribution in [-0.2, 0) is 23.7 Å². The quantitative estimate of drug-likeness (QED) is 0.0919. The Labute approximate surface area is 227 Å². The van der Waals surface area contributed by atoms with Crippen molar-refractivity contribution in [3.05, 3.63) is 0 Å². The van der Waals surface area contributed by atoms with E-state index in [1.54, 1.807) is 0 Å². The van der Waals surface area contributed by atoms with Gasteiger partial charge in [0.15, 0.2) is 24.6 Å². The fourth-order valence-corrected chi connectivity index (χ4v) is 4.90. The summed E-state index contributed by atoms with van der Waals surface area (Å²) < 4.78 is 27.7. The highest BCUT2D eigenvalue weighted by molar-refractivity contribution is 8.11. The summed E-state index contributed by atoms with van der Waals surface area (Å²) in [4.78, 5) is 0. The average Bonchev–Trinajstić information content (AvgIpc) is 2.89. The maximum atomic E-state index is 11.0. The van der Waals surface area contributed by atoms with Crippen molar-refractivity contribution in [1.82, 2.24) is 5.32 Å². The van der Waals surface area contributed by atoms with Crippen LogP contribution in [-0.4, -0.2) is 157 Å². The lowest BCUT2D eigenvalue weighted by atomic mass is 9.92. The minimum atomic E-state index is -2.08. The first-order valence-electron chi connectivity index (χ1n) is 11.6. The van der Waals surface area contributed by atoms with E-state index in [0.717, 1.165) is 0 Å². The SMILES string of the molecule is N[C@H]1[C@@H](OC2[C@@H](CO)O[C@@H](OC3[C@@H](CO)O[C@@H](O)[C@H](N)[C@H]3O)[C@H](N)[C@H]2O)O[C@@](CO)(NC(=S)S)[C@@H](O)[C@@H]1O. The maximum absolute atomic E-state index is 11.0. The zero-order valence-electron chi connectivity index (χ0n) is 19.9. The number of thiol groups is 1. The number of aliphatic hydroxyl groups is 8. The summed E-state index contributed by atoms with van der Waals surface area (Å²) in [6, 6.07) is -4.10. The molecule has 0 spiro atoms. The van der Waals surface area contributed by atoms with E-state index in [4.69, 9.17) is 53.1 Å². The molecule has 15 N–H and O–H groups in total. The molecular formula is C19H36N4O13S2. The minimum absolute atomic E-state index is 0.196. The summed E-state index contributed by atoms with van der Waals surface area (Å²) in [5, 5.41) is 84.0. The Morgan fingerprint density at radius 1 is 0.816 bits per heavy atom. The summed E-state index contributed by atoms with van der Waals surface area (Å²) >= 11 is 8.73. The van der Waals surface area contributed by atoms with Crippen molar-refractivity contribution in [2.75, 3.05) is 19.8 Å². The second-order valence-electron chi connectivity index (χ2n) is 9.29. The van der Waals surface area contributed by atoms with Crippen LogP contribution in [0.3, 0.4) is 0 Å². The first-order chi connectivity index (χ1) is 17.8. The van der Waals surface area contributed by atoms with Gasteiger partial charge in [0.25, 0.3) is 0 Å². The van der Waals surface area contributed by atoms with Gasteiger partial charge in [-0.3, -0.25) is 0 Å². The third-order valence-electron chi connectivity index (χ3n) is 6.79. The molecule has 0 aromatic rings. The van der Waals surface area contributed by atoms with Gasteiger partial charge in [-0.2, -0.15) is 0 Å². The van der Waals surface area contributed by atoms with E-state index in [-0.39, 0.29) is 4.32 Å². The smallest absolute Gasteiger partial charge is 0.194 e. The van der Waals surface area contributed by atoms with Crippen LogP contribution in [0.5, 0.6) is 0 Å². The molecule has 3 fully saturated rings. The van der Waals surface area contributed by atoms with Crippen LogP contribution in [0.15, 0.2) is 0 Å². The molecule has 15 atom stereocenters. The molecule has 3 rings (SSSR count). The summed E-state index contributed by atoms with van der Waals surface area (Å²) in [7, 11) is 0. The van der Waals surface area contributed by atoms with E-state index in [0.29, 0.717) is 0 Å². The predicted octanol–water partition coefficient (Wildman–Crippen LogP) is -7.54. The molecule has 3 aliphatic rings. The largest absolute Gasteiger partial charge is 0.394 e. The topological polar surface area (TPSA) is 298 Å². The Balaban J connectivity index is 1.78. The monoisotopic (exact) mass is 592 g/mol. The number of ether oxygens (including phenoxy) is 5. The summed E-state index contributed by atoms with van der Waals surface area (Å²) in [5.74, 6) is 0. The molecular weight excluding hydrogens is 556 g/mol. The van der Waals surface area contributed by atoms with Crippen LogP contribution in [0, 0.1) is 0 Å². The summed E-state index contributed by atoms with van der Waals surface area (Å²) in [6.07, 6.45) is -16.7. The molecule has 0 amide bonds. The molecule has 3 heterocycles. The Morgan fingerprint density at radius 2 is 1.32 bits per heavy atom. The van der Waals surface area contributed by atoms with Crippen molar-refractivity contribution in [2.45, 2.75) is 91.6 Å². The zero-order chi connectivity index (χ0) is 28.5. The van der Waals surface area contributed by atoms with Gasteiger partial charge in [-0.1, -0.05) is 12.2 Å². The van der Waals surface area contributed by atoms with Crippen molar-refractivity contribution in [3.8, 4) is 0 Å². The van der Waals surface area contributed by atoms with Gasteiger partial charge in [0.05, 0.1) is 37.9 Å². The van der Waals surface area contributed by atoms with E-state index in [9.17, 15) is 40.9 Å². The van der Waals surface area contributed by atoms with Crippen molar-refractivity contribution < 1.29 is 64.5 Å². The van der Waals surface area contributed by atoms with E-state index in [1.807, 2.05) is 0 Å². The number of nitrogens with two attached hydrogens (primary N) is 3. The van der Waals surface area contributed by atoms with Crippen molar-refractivity contribution in [2.24, 2.45) is 17.2 Å². The molecule has 0 aromatic carbocycles. The van der Waals surface area contributed by atoms with Gasteiger partial charge < -0.3 is 87.1 Å². The van der Waals surface area contributed by atoms with Crippen LogP contribution < -0.4 is 22.5 Å². The lowest BCUT2D eigenvalue weighted by molar-refractivity contribution is -0.362.